The molecular formula is C25H48N6O11. The monoisotopic (exact) mass is 608 g/mol. The molecule has 17 heteroatoms. The Morgan fingerprint density at radius 1 is 0.929 bits per heavy atom. The zero-order valence-corrected chi connectivity index (χ0v) is 23.5. The summed E-state index contributed by atoms with van der Waals surface area (Å²) in [6, 6.07) is -4.35. The third-order valence-electron chi connectivity index (χ3n) is 8.61. The summed E-state index contributed by atoms with van der Waals surface area (Å²) in [5.41, 5.74) is 22.6. The number of hydrogen-bond donors (Lipinski definition) is 12. The van der Waals surface area contributed by atoms with Gasteiger partial charge in [0.05, 0.1) is 30.8 Å². The fraction of sp³-hybridized carbons (Fsp3) is 0.960. The molecule has 15 atom stereocenters. The number of hydrogen-bond acceptors (Lipinski definition) is 16. The van der Waals surface area contributed by atoms with E-state index in [4.69, 9.17) is 47.0 Å². The zero-order chi connectivity index (χ0) is 30.8. The first kappa shape index (κ1) is 33.8. The summed E-state index contributed by atoms with van der Waals surface area (Å²) in [7, 11) is 0. The van der Waals surface area contributed by atoms with E-state index in [2.05, 4.69) is 10.6 Å². The van der Waals surface area contributed by atoms with Gasteiger partial charge in [0, 0.05) is 31.7 Å². The summed E-state index contributed by atoms with van der Waals surface area (Å²) >= 11 is 0. The van der Waals surface area contributed by atoms with Crippen LogP contribution < -0.4 is 33.6 Å². The molecular weight excluding hydrogens is 560 g/mol. The molecule has 0 radical (unpaired) electrons. The van der Waals surface area contributed by atoms with Crippen molar-refractivity contribution in [3.05, 3.63) is 0 Å². The van der Waals surface area contributed by atoms with E-state index in [1.54, 1.807) is 0 Å². The Hall–Kier alpha value is -1.13. The Morgan fingerprint density at radius 2 is 1.62 bits per heavy atom. The smallest absolute Gasteiger partial charge is 0.253 e. The van der Waals surface area contributed by atoms with Crippen LogP contribution in [0, 0.1) is 0 Å². The van der Waals surface area contributed by atoms with Gasteiger partial charge >= 0.3 is 0 Å². The number of rotatable bonds is 12. The van der Waals surface area contributed by atoms with Crippen molar-refractivity contribution in [2.75, 3.05) is 26.3 Å². The highest BCUT2D eigenvalue weighted by Crippen LogP contribution is 2.36. The topological polar surface area (TPSA) is 304 Å². The summed E-state index contributed by atoms with van der Waals surface area (Å²) in [4.78, 5) is 12.8. The van der Waals surface area contributed by atoms with Crippen LogP contribution in [0.4, 0.5) is 0 Å². The molecule has 2 aliphatic heterocycles. The fourth-order valence-electron chi connectivity index (χ4n) is 5.73. The van der Waals surface area contributed by atoms with Crippen LogP contribution in [0.3, 0.4) is 0 Å². The number of nitrogens with two attached hydrogens (primary N) is 4. The first-order valence-corrected chi connectivity index (χ1v) is 14.5. The van der Waals surface area contributed by atoms with E-state index >= 15 is 0 Å². The maximum atomic E-state index is 12.8. The second kappa shape index (κ2) is 14.3. The second-order valence-electron chi connectivity index (χ2n) is 11.8. The molecule has 16 N–H and O–H groups in total. The molecule has 17 nitrogen and oxygen atoms in total. The highest BCUT2D eigenvalue weighted by Gasteiger charge is 2.59. The van der Waals surface area contributed by atoms with Crippen LogP contribution in [0.15, 0.2) is 0 Å². The van der Waals surface area contributed by atoms with E-state index in [0.717, 1.165) is 0 Å². The molecule has 4 fully saturated rings. The predicted molar refractivity (Wildman–Crippen MR) is 144 cm³/mol. The number of ether oxygens (including phenoxy) is 4. The Labute approximate surface area is 243 Å². The molecule has 0 aromatic heterocycles. The summed E-state index contributed by atoms with van der Waals surface area (Å²) in [6.45, 7) is 0.563. The van der Waals surface area contributed by atoms with Gasteiger partial charge in [-0.3, -0.25) is 4.79 Å². The molecule has 3 unspecified atom stereocenters. The quantitative estimate of drug-likeness (QED) is 0.0916. The van der Waals surface area contributed by atoms with Crippen molar-refractivity contribution in [1.82, 2.24) is 10.6 Å². The molecule has 0 spiro atoms. The van der Waals surface area contributed by atoms with E-state index in [-0.39, 0.29) is 25.6 Å². The van der Waals surface area contributed by atoms with Crippen molar-refractivity contribution in [3.63, 3.8) is 0 Å². The van der Waals surface area contributed by atoms with Crippen molar-refractivity contribution in [2.45, 2.75) is 123 Å². The van der Waals surface area contributed by atoms with Crippen LogP contribution in [0.5, 0.6) is 0 Å². The molecule has 0 bridgehead atoms. The lowest BCUT2D eigenvalue weighted by molar-refractivity contribution is -0.314. The molecule has 2 heterocycles. The number of nitrogens with one attached hydrogen (secondary N) is 2. The minimum absolute atomic E-state index is 0.0124. The van der Waals surface area contributed by atoms with E-state index in [0.29, 0.717) is 32.4 Å². The molecule has 2 saturated carbocycles. The Bertz CT molecular complexity index is 894. The molecule has 1 amide bonds. The van der Waals surface area contributed by atoms with Gasteiger partial charge in [0.2, 0.25) is 0 Å². The number of aliphatic hydroxyl groups excluding tert-OH is 5. The lowest BCUT2D eigenvalue weighted by Crippen LogP contribution is -2.69. The molecule has 0 aromatic carbocycles. The van der Waals surface area contributed by atoms with Gasteiger partial charge in [0.25, 0.3) is 5.91 Å². The highest BCUT2D eigenvalue weighted by atomic mass is 16.7. The lowest BCUT2D eigenvalue weighted by atomic mass is 9.83. The first-order valence-electron chi connectivity index (χ1n) is 14.5. The third-order valence-corrected chi connectivity index (χ3v) is 8.61. The summed E-state index contributed by atoms with van der Waals surface area (Å²) in [5, 5.41) is 67.3. The van der Waals surface area contributed by atoms with Gasteiger partial charge < -0.3 is 83.2 Å². The third kappa shape index (κ3) is 7.39. The maximum absolute atomic E-state index is 12.8. The van der Waals surface area contributed by atoms with Crippen molar-refractivity contribution in [1.29, 1.82) is 0 Å². The average molecular weight is 609 g/mol. The highest BCUT2D eigenvalue weighted by molar-refractivity contribution is 5.89. The van der Waals surface area contributed by atoms with E-state index in [9.17, 15) is 30.3 Å². The molecule has 4 rings (SSSR count). The van der Waals surface area contributed by atoms with Gasteiger partial charge in [0.1, 0.15) is 36.6 Å². The zero-order valence-electron chi connectivity index (χ0n) is 23.5. The van der Waals surface area contributed by atoms with Gasteiger partial charge in [-0.15, -0.1) is 0 Å². The fourth-order valence-corrected chi connectivity index (χ4v) is 5.73. The van der Waals surface area contributed by atoms with Gasteiger partial charge in [0.15, 0.2) is 18.2 Å². The number of carbonyl (C=O) groups is 1. The van der Waals surface area contributed by atoms with Gasteiger partial charge in [-0.1, -0.05) is 0 Å². The van der Waals surface area contributed by atoms with Crippen LogP contribution in [0.25, 0.3) is 0 Å². The van der Waals surface area contributed by atoms with Crippen LogP contribution in [-0.2, 0) is 23.7 Å². The number of carbonyl (C=O) groups excluding carboxylic acids is 1. The summed E-state index contributed by atoms with van der Waals surface area (Å²) in [6.07, 6.45) is -8.81. The van der Waals surface area contributed by atoms with Gasteiger partial charge in [-0.05, 0) is 32.2 Å². The molecule has 0 aromatic rings. The number of aliphatic hydroxyl groups is 6. The van der Waals surface area contributed by atoms with E-state index < -0.39 is 97.5 Å². The minimum atomic E-state index is -1.77. The Balaban J connectivity index is 1.49. The normalized spacial score (nSPS) is 47.7. The maximum Gasteiger partial charge on any atom is 0.253 e. The van der Waals surface area contributed by atoms with Crippen molar-refractivity contribution in [3.8, 4) is 0 Å². The van der Waals surface area contributed by atoms with Crippen molar-refractivity contribution in [2.24, 2.45) is 22.9 Å². The molecule has 2 aliphatic carbocycles. The average Bonchev–Trinajstić information content (AvgIpc) is 3.59. The number of amides is 1. The van der Waals surface area contributed by atoms with E-state index in [1.165, 1.54) is 0 Å². The molecule has 244 valence electrons. The van der Waals surface area contributed by atoms with Crippen LogP contribution >= 0.6 is 0 Å². The van der Waals surface area contributed by atoms with Crippen molar-refractivity contribution < 1.29 is 54.4 Å². The Kier molecular flexibility index (Phi) is 11.5. The largest absolute Gasteiger partial charge is 0.396 e. The predicted octanol–water partition coefficient (Wildman–Crippen LogP) is -6.63. The standard InChI is InChI=1S/C25H48N6O11/c26-11-3-2-10(8-30-4-1-5-32)39-22(11)41-20-12(27)6-13(31-24(37)25(38)7-15(25)28)21(19(20)36)42-23-18(35)16(29)17(34)14(9-33)40-23/h10-23,30,32-36,38H,1-9,26-29H2,(H,31,37)/t10-,11+,12-,13+,14+,15?,16-,17+,18+,19-,20?,21-,22+,23+,25?/m0/s1. The Morgan fingerprint density at radius 3 is 2.26 bits per heavy atom. The first-order chi connectivity index (χ1) is 19.9. The lowest BCUT2D eigenvalue weighted by Gasteiger charge is -2.48. The van der Waals surface area contributed by atoms with Crippen LogP contribution in [0.2, 0.25) is 0 Å². The van der Waals surface area contributed by atoms with Crippen molar-refractivity contribution >= 4 is 5.91 Å². The SMILES string of the molecule is NC1CC1(O)C(=O)N[C@@H]1C[C@H](N)C(O[C@H]2O[C@H](CNCCCO)CC[C@H]2N)[C@H](O)[C@H]1O[C@H]1O[C@H](CO)[C@@H](O)[C@H](N)[C@H]1O. The van der Waals surface area contributed by atoms with Gasteiger partial charge in [-0.2, -0.15) is 0 Å². The molecule has 42 heavy (non-hydrogen) atoms. The van der Waals surface area contributed by atoms with E-state index in [1.807, 2.05) is 0 Å². The minimum Gasteiger partial charge on any atom is -0.396 e. The second-order valence-corrected chi connectivity index (χ2v) is 11.8. The van der Waals surface area contributed by atoms with Crippen LogP contribution in [-0.4, -0.2) is 154 Å². The van der Waals surface area contributed by atoms with Gasteiger partial charge in [-0.25, -0.2) is 0 Å². The van der Waals surface area contributed by atoms with Crippen LogP contribution in [0.1, 0.15) is 32.1 Å². The molecule has 2 saturated heterocycles. The molecule has 4 aliphatic rings. The summed E-state index contributed by atoms with van der Waals surface area (Å²) < 4.78 is 23.7. The summed E-state index contributed by atoms with van der Waals surface area (Å²) in [5.74, 6) is -0.771.